The first-order valence-corrected chi connectivity index (χ1v) is 20.5. The zero-order chi connectivity index (χ0) is 40.0. The Morgan fingerprint density at radius 1 is 0.472 bits per heavy atom. The number of hydrogen-bond acceptors (Lipinski definition) is 6. The second-order valence-electron chi connectivity index (χ2n) is 20.8. The van der Waals surface area contributed by atoms with Crippen LogP contribution < -0.4 is 0 Å². The molecule has 2 heterocycles. The van der Waals surface area contributed by atoms with Crippen molar-refractivity contribution in [2.45, 2.75) is 184 Å². The van der Waals surface area contributed by atoms with Crippen molar-refractivity contribution < 1.29 is 29.2 Å². The molecule has 0 saturated carbocycles. The summed E-state index contributed by atoms with van der Waals surface area (Å²) in [5.41, 5.74) is 4.93. The molecule has 2 aliphatic heterocycles. The van der Waals surface area contributed by atoms with Gasteiger partial charge in [0.2, 0.25) is 0 Å². The van der Waals surface area contributed by atoms with Gasteiger partial charge in [-0.15, -0.1) is 0 Å². The van der Waals surface area contributed by atoms with Gasteiger partial charge < -0.3 is 29.2 Å². The van der Waals surface area contributed by atoms with Crippen molar-refractivity contribution in [1.82, 2.24) is 0 Å². The van der Waals surface area contributed by atoms with Crippen LogP contribution in [0.1, 0.15) is 170 Å². The Labute approximate surface area is 323 Å². The fourth-order valence-corrected chi connectivity index (χ4v) is 7.90. The Kier molecular flexibility index (Phi) is 12.7. The summed E-state index contributed by atoms with van der Waals surface area (Å²) >= 11 is 0. The molecule has 1 spiro atoms. The number of benzene rings is 2. The highest BCUT2D eigenvalue weighted by Crippen LogP contribution is 2.47. The zero-order valence-corrected chi connectivity index (χ0v) is 36.6. The van der Waals surface area contributed by atoms with Gasteiger partial charge in [-0.05, 0) is 71.3 Å². The van der Waals surface area contributed by atoms with Gasteiger partial charge in [-0.1, -0.05) is 135 Å². The summed E-state index contributed by atoms with van der Waals surface area (Å²) in [6.07, 6.45) is 4.52. The van der Waals surface area contributed by atoms with Crippen LogP contribution in [0.25, 0.3) is 0 Å². The van der Waals surface area contributed by atoms with Gasteiger partial charge in [-0.3, -0.25) is 0 Å². The fourth-order valence-electron chi connectivity index (χ4n) is 7.90. The Morgan fingerprint density at radius 3 is 0.906 bits per heavy atom. The number of ether oxygens (including phenoxy) is 4. The molecule has 2 N–H and O–H groups in total. The Balaban J connectivity index is 1.46. The smallest absolute Gasteiger partial charge is 0.162 e. The molecule has 0 amide bonds. The fraction of sp³-hybridized carbons (Fsp3) is 0.745. The lowest BCUT2D eigenvalue weighted by Crippen LogP contribution is -2.56. The van der Waals surface area contributed by atoms with E-state index in [2.05, 4.69) is 135 Å². The molecular weight excluding hydrogens is 661 g/mol. The largest absolute Gasteiger partial charge is 0.507 e. The molecular formula is C47H76O6. The lowest BCUT2D eigenvalue weighted by Gasteiger charge is -2.49. The van der Waals surface area contributed by atoms with Crippen LogP contribution in [0.4, 0.5) is 0 Å². The van der Waals surface area contributed by atoms with Gasteiger partial charge in [0.25, 0.3) is 0 Å². The van der Waals surface area contributed by atoms with Crippen molar-refractivity contribution in [3.8, 4) is 11.5 Å². The van der Waals surface area contributed by atoms with E-state index in [-0.39, 0.29) is 50.5 Å². The summed E-state index contributed by atoms with van der Waals surface area (Å²) < 4.78 is 26.2. The van der Waals surface area contributed by atoms with Gasteiger partial charge in [0.15, 0.2) is 12.6 Å². The summed E-state index contributed by atoms with van der Waals surface area (Å²) in [7, 11) is 0. The number of rotatable bonds is 14. The molecule has 6 nitrogen and oxygen atoms in total. The topological polar surface area (TPSA) is 77.4 Å². The zero-order valence-electron chi connectivity index (χ0n) is 36.6. The van der Waals surface area contributed by atoms with E-state index in [4.69, 9.17) is 18.9 Å². The summed E-state index contributed by atoms with van der Waals surface area (Å²) in [6, 6.07) is 8.83. The first kappa shape index (κ1) is 43.6. The van der Waals surface area contributed by atoms with Crippen LogP contribution in [0.5, 0.6) is 11.5 Å². The average molecular weight is 737 g/mol. The van der Waals surface area contributed by atoms with Gasteiger partial charge in [0, 0.05) is 33.1 Å². The van der Waals surface area contributed by atoms with Crippen LogP contribution in [0, 0.1) is 16.2 Å². The summed E-state index contributed by atoms with van der Waals surface area (Å²) in [5, 5.41) is 23.0. The third kappa shape index (κ3) is 9.14. The van der Waals surface area contributed by atoms with E-state index in [1.54, 1.807) is 0 Å². The van der Waals surface area contributed by atoms with Crippen molar-refractivity contribution in [3.05, 3.63) is 57.6 Å². The third-order valence-electron chi connectivity index (χ3n) is 13.6. The van der Waals surface area contributed by atoms with Crippen LogP contribution in [0.3, 0.4) is 0 Å². The van der Waals surface area contributed by atoms with Gasteiger partial charge in [-0.2, -0.15) is 0 Å². The van der Waals surface area contributed by atoms with Crippen LogP contribution in [-0.4, -0.2) is 49.2 Å². The van der Waals surface area contributed by atoms with E-state index in [0.29, 0.717) is 37.9 Å². The number of hydrogen-bond donors (Lipinski definition) is 2. The van der Waals surface area contributed by atoms with E-state index in [9.17, 15) is 10.2 Å². The standard InChI is InChI=1S/C47H76O6/c1-17-41(5,6)33-21-31(22-34(37(33)48)42(7,8)18-2)25-45(13,14)39-50-27-47(28-51-39)29-52-40(53-30-47)46(15,16)26-32-23-35(43(9,10)19-3)38(49)36(24-32)44(11,12)20-4/h21-24,39-40,48-49H,17-20,25-30H2,1-16H3. The van der Waals surface area contributed by atoms with E-state index in [1.807, 2.05) is 0 Å². The first-order chi connectivity index (χ1) is 24.3. The molecule has 0 aliphatic carbocycles. The van der Waals surface area contributed by atoms with Crippen LogP contribution >= 0.6 is 0 Å². The normalized spacial score (nSPS) is 22.4. The van der Waals surface area contributed by atoms with Crippen LogP contribution in [0.2, 0.25) is 0 Å². The highest BCUT2D eigenvalue weighted by Gasteiger charge is 2.48. The molecule has 2 aromatic carbocycles. The molecule has 0 aromatic heterocycles. The molecule has 2 aromatic rings. The lowest BCUT2D eigenvalue weighted by molar-refractivity contribution is -0.333. The Morgan fingerprint density at radius 2 is 0.698 bits per heavy atom. The number of phenols is 2. The lowest BCUT2D eigenvalue weighted by atomic mass is 9.73. The van der Waals surface area contributed by atoms with Gasteiger partial charge >= 0.3 is 0 Å². The molecule has 2 saturated heterocycles. The Hall–Kier alpha value is -2.12. The maximum atomic E-state index is 11.5. The maximum Gasteiger partial charge on any atom is 0.162 e. The quantitative estimate of drug-likeness (QED) is 0.201. The molecule has 2 fully saturated rings. The summed E-state index contributed by atoms with van der Waals surface area (Å²) in [4.78, 5) is 0. The maximum absolute atomic E-state index is 11.5. The molecule has 0 radical (unpaired) electrons. The van der Waals surface area contributed by atoms with Crippen molar-refractivity contribution in [2.24, 2.45) is 16.2 Å². The predicted octanol–water partition coefficient (Wildman–Crippen LogP) is 11.4. The molecule has 0 unspecified atom stereocenters. The minimum atomic E-state index is -0.376. The van der Waals surface area contributed by atoms with Crippen molar-refractivity contribution in [3.63, 3.8) is 0 Å². The number of aromatic hydroxyl groups is 2. The minimum Gasteiger partial charge on any atom is -0.507 e. The second-order valence-corrected chi connectivity index (χ2v) is 20.8. The first-order valence-electron chi connectivity index (χ1n) is 20.5. The second kappa shape index (κ2) is 15.4. The molecule has 4 rings (SSSR count). The monoisotopic (exact) mass is 737 g/mol. The highest BCUT2D eigenvalue weighted by molar-refractivity contribution is 5.51. The molecule has 0 atom stereocenters. The summed E-state index contributed by atoms with van der Waals surface area (Å²) in [6.45, 7) is 37.4. The van der Waals surface area contributed by atoms with E-state index >= 15 is 0 Å². The van der Waals surface area contributed by atoms with Gasteiger partial charge in [0.05, 0.1) is 31.8 Å². The highest BCUT2D eigenvalue weighted by atomic mass is 16.7. The predicted molar refractivity (Wildman–Crippen MR) is 218 cm³/mol. The molecule has 2 aliphatic rings. The summed E-state index contributed by atoms with van der Waals surface area (Å²) in [5.74, 6) is 0.879. The van der Waals surface area contributed by atoms with Crippen molar-refractivity contribution >= 4 is 0 Å². The molecule has 6 heteroatoms. The third-order valence-corrected chi connectivity index (χ3v) is 13.6. The van der Waals surface area contributed by atoms with Gasteiger partial charge in [0.1, 0.15) is 11.5 Å². The Bertz CT molecular complexity index is 1370. The van der Waals surface area contributed by atoms with E-state index < -0.39 is 0 Å². The molecule has 53 heavy (non-hydrogen) atoms. The van der Waals surface area contributed by atoms with Gasteiger partial charge in [-0.25, -0.2) is 0 Å². The molecule has 300 valence electrons. The van der Waals surface area contributed by atoms with Crippen LogP contribution in [0.15, 0.2) is 24.3 Å². The van der Waals surface area contributed by atoms with Crippen molar-refractivity contribution in [1.29, 1.82) is 0 Å². The average Bonchev–Trinajstić information content (AvgIpc) is 3.09. The number of phenolic OH excluding ortho intramolecular Hbond substituents is 2. The minimum absolute atomic E-state index is 0.145. The van der Waals surface area contributed by atoms with Crippen molar-refractivity contribution in [2.75, 3.05) is 26.4 Å². The molecule has 0 bridgehead atoms. The van der Waals surface area contributed by atoms with E-state index in [0.717, 1.165) is 60.8 Å². The SMILES string of the molecule is CCC(C)(C)c1cc(CC(C)(C)C2OCC3(CO2)COC(C(C)(C)Cc2cc(C(C)(C)CC)c(O)c(C(C)(C)CC)c2)OC3)cc(C(C)(C)CC)c1O. The van der Waals surface area contributed by atoms with Crippen LogP contribution in [-0.2, 0) is 53.4 Å². The van der Waals surface area contributed by atoms with E-state index in [1.165, 1.54) is 11.1 Å².